The minimum Gasteiger partial charge on any atom is -0.342 e. The Balaban J connectivity index is 2.08. The van der Waals surface area contributed by atoms with Crippen LogP contribution in [0.1, 0.15) is 5.82 Å². The molecule has 3 nitrogen and oxygen atoms in total. The fraction of sp³-hybridized carbons (Fsp3) is 0.133. The maximum atomic E-state index is 6.22. The normalized spacial score (nSPS) is 11.1. The van der Waals surface area contributed by atoms with E-state index in [-0.39, 0.29) is 0 Å². The Labute approximate surface area is 116 Å². The molecule has 4 heteroatoms. The molecular formula is C15H14ClN3. The quantitative estimate of drug-likeness (QED) is 0.767. The molecular weight excluding hydrogens is 258 g/mol. The number of rotatable bonds is 3. The number of hydrogen-bond acceptors (Lipinski definition) is 2. The lowest BCUT2D eigenvalue weighted by Gasteiger charge is -2.03. The first-order valence-electron chi connectivity index (χ1n) is 6.21. The van der Waals surface area contributed by atoms with Crippen molar-refractivity contribution in [1.82, 2.24) is 9.97 Å². The van der Waals surface area contributed by atoms with Gasteiger partial charge in [0.05, 0.1) is 11.0 Å². The summed E-state index contributed by atoms with van der Waals surface area (Å²) < 4.78 is 0. The molecule has 1 heterocycles. The van der Waals surface area contributed by atoms with Gasteiger partial charge < -0.3 is 10.7 Å². The summed E-state index contributed by atoms with van der Waals surface area (Å²) in [4.78, 5) is 7.78. The molecule has 3 N–H and O–H groups in total. The summed E-state index contributed by atoms with van der Waals surface area (Å²) in [5.74, 6) is 0.925. The summed E-state index contributed by atoms with van der Waals surface area (Å²) in [6.45, 7) is 0.594. The van der Waals surface area contributed by atoms with Crippen LogP contribution >= 0.6 is 11.6 Å². The molecule has 0 aliphatic heterocycles. The largest absolute Gasteiger partial charge is 0.342 e. The van der Waals surface area contributed by atoms with Crippen LogP contribution in [0, 0.1) is 0 Å². The van der Waals surface area contributed by atoms with Gasteiger partial charge in [-0.2, -0.15) is 0 Å². The van der Waals surface area contributed by atoms with E-state index < -0.39 is 0 Å². The zero-order chi connectivity index (χ0) is 13.2. The lowest BCUT2D eigenvalue weighted by Crippen LogP contribution is -2.03. The van der Waals surface area contributed by atoms with Crippen molar-refractivity contribution < 1.29 is 0 Å². The Kier molecular flexibility index (Phi) is 3.23. The minimum atomic E-state index is 0.594. The molecule has 0 spiro atoms. The fourth-order valence-electron chi connectivity index (χ4n) is 2.18. The number of nitrogens with two attached hydrogens (primary N) is 1. The second-order valence-electron chi connectivity index (χ2n) is 4.43. The average Bonchev–Trinajstić information content (AvgIpc) is 2.81. The number of nitrogens with one attached hydrogen (secondary N) is 1. The van der Waals surface area contributed by atoms with E-state index in [4.69, 9.17) is 17.3 Å². The van der Waals surface area contributed by atoms with Crippen molar-refractivity contribution in [2.75, 3.05) is 6.54 Å². The third-order valence-corrected chi connectivity index (χ3v) is 3.43. The van der Waals surface area contributed by atoms with Crippen molar-refractivity contribution >= 4 is 22.6 Å². The highest BCUT2D eigenvalue weighted by Crippen LogP contribution is 2.29. The number of hydrogen-bond donors (Lipinski definition) is 2. The van der Waals surface area contributed by atoms with Crippen LogP contribution in [-0.2, 0) is 6.42 Å². The van der Waals surface area contributed by atoms with E-state index in [9.17, 15) is 0 Å². The molecule has 0 amide bonds. The van der Waals surface area contributed by atoms with Crippen molar-refractivity contribution in [2.24, 2.45) is 5.73 Å². The average molecular weight is 272 g/mol. The lowest BCUT2D eigenvalue weighted by molar-refractivity contribution is 0.900. The van der Waals surface area contributed by atoms with E-state index in [1.54, 1.807) is 0 Å². The van der Waals surface area contributed by atoms with Gasteiger partial charge in [0.25, 0.3) is 0 Å². The maximum absolute atomic E-state index is 6.22. The molecule has 1 aromatic heterocycles. The van der Waals surface area contributed by atoms with E-state index in [2.05, 4.69) is 16.0 Å². The number of fused-ring (bicyclic) bond motifs is 1. The first kappa shape index (κ1) is 12.2. The van der Waals surface area contributed by atoms with Crippen LogP contribution in [0.25, 0.3) is 22.2 Å². The van der Waals surface area contributed by atoms with Crippen LogP contribution in [0.3, 0.4) is 0 Å². The Hall–Kier alpha value is -1.84. The monoisotopic (exact) mass is 271 g/mol. The number of imidazole rings is 1. The number of aromatic amines is 1. The third-order valence-electron chi connectivity index (χ3n) is 3.10. The SMILES string of the molecule is NCCc1nc2ccc(-c3ccccc3Cl)cc2[nH]1. The molecule has 0 aliphatic carbocycles. The second-order valence-corrected chi connectivity index (χ2v) is 4.84. The Bertz CT molecular complexity index is 718. The number of H-pyrrole nitrogens is 1. The number of aromatic nitrogens is 2. The molecule has 19 heavy (non-hydrogen) atoms. The highest BCUT2D eigenvalue weighted by molar-refractivity contribution is 6.33. The molecule has 3 aromatic rings. The van der Waals surface area contributed by atoms with Crippen LogP contribution in [0.5, 0.6) is 0 Å². The second kappa shape index (κ2) is 5.03. The van der Waals surface area contributed by atoms with Gasteiger partial charge in [-0.25, -0.2) is 4.98 Å². The van der Waals surface area contributed by atoms with Crippen molar-refractivity contribution in [3.05, 3.63) is 53.3 Å². The van der Waals surface area contributed by atoms with Gasteiger partial charge in [-0.3, -0.25) is 0 Å². The van der Waals surface area contributed by atoms with E-state index in [1.807, 2.05) is 36.4 Å². The van der Waals surface area contributed by atoms with Gasteiger partial charge in [0.2, 0.25) is 0 Å². The van der Waals surface area contributed by atoms with E-state index in [0.717, 1.165) is 39.4 Å². The minimum absolute atomic E-state index is 0.594. The summed E-state index contributed by atoms with van der Waals surface area (Å²) in [6, 6.07) is 13.9. The van der Waals surface area contributed by atoms with Gasteiger partial charge in [0, 0.05) is 17.0 Å². The zero-order valence-electron chi connectivity index (χ0n) is 10.4. The number of nitrogens with zero attached hydrogens (tertiary/aromatic N) is 1. The molecule has 96 valence electrons. The standard InChI is InChI=1S/C15H14ClN3/c16-12-4-2-1-3-11(12)10-5-6-13-14(9-10)19-15(18-13)7-8-17/h1-6,9H,7-8,17H2,(H,18,19). The molecule has 0 bridgehead atoms. The van der Waals surface area contributed by atoms with Crippen LogP contribution in [0.4, 0.5) is 0 Å². The van der Waals surface area contributed by atoms with Gasteiger partial charge in [0.1, 0.15) is 5.82 Å². The van der Waals surface area contributed by atoms with Gasteiger partial charge in [-0.15, -0.1) is 0 Å². The zero-order valence-corrected chi connectivity index (χ0v) is 11.1. The van der Waals surface area contributed by atoms with Crippen LogP contribution < -0.4 is 5.73 Å². The summed E-state index contributed by atoms with van der Waals surface area (Å²) >= 11 is 6.22. The highest BCUT2D eigenvalue weighted by atomic mass is 35.5. The van der Waals surface area contributed by atoms with Crippen LogP contribution in [-0.4, -0.2) is 16.5 Å². The lowest BCUT2D eigenvalue weighted by atomic mass is 10.1. The molecule has 0 atom stereocenters. The summed E-state index contributed by atoms with van der Waals surface area (Å²) in [5.41, 5.74) is 9.63. The molecule has 0 aliphatic rings. The molecule has 0 saturated carbocycles. The van der Waals surface area contributed by atoms with Gasteiger partial charge in [0.15, 0.2) is 0 Å². The Morgan fingerprint density at radius 1 is 1.16 bits per heavy atom. The van der Waals surface area contributed by atoms with Crippen LogP contribution in [0.2, 0.25) is 5.02 Å². The number of benzene rings is 2. The first-order valence-corrected chi connectivity index (χ1v) is 6.59. The van der Waals surface area contributed by atoms with E-state index in [0.29, 0.717) is 6.54 Å². The van der Waals surface area contributed by atoms with Gasteiger partial charge in [-0.05, 0) is 30.3 Å². The van der Waals surface area contributed by atoms with E-state index >= 15 is 0 Å². The third kappa shape index (κ3) is 2.35. The van der Waals surface area contributed by atoms with Crippen molar-refractivity contribution in [3.8, 4) is 11.1 Å². The van der Waals surface area contributed by atoms with Gasteiger partial charge >= 0.3 is 0 Å². The molecule has 0 saturated heterocycles. The highest BCUT2D eigenvalue weighted by Gasteiger charge is 2.06. The van der Waals surface area contributed by atoms with Crippen molar-refractivity contribution in [1.29, 1.82) is 0 Å². The predicted molar refractivity (Wildman–Crippen MR) is 79.3 cm³/mol. The predicted octanol–water partition coefficient (Wildman–Crippen LogP) is 3.38. The van der Waals surface area contributed by atoms with Crippen molar-refractivity contribution in [2.45, 2.75) is 6.42 Å². The molecule has 3 rings (SSSR count). The summed E-state index contributed by atoms with van der Waals surface area (Å²) in [6.07, 6.45) is 0.760. The smallest absolute Gasteiger partial charge is 0.108 e. The van der Waals surface area contributed by atoms with Gasteiger partial charge in [-0.1, -0.05) is 35.9 Å². The maximum Gasteiger partial charge on any atom is 0.108 e. The number of halogens is 1. The fourth-order valence-corrected chi connectivity index (χ4v) is 2.43. The topological polar surface area (TPSA) is 54.7 Å². The Morgan fingerprint density at radius 3 is 2.79 bits per heavy atom. The summed E-state index contributed by atoms with van der Waals surface area (Å²) in [7, 11) is 0. The van der Waals surface area contributed by atoms with Crippen molar-refractivity contribution in [3.63, 3.8) is 0 Å². The molecule has 0 unspecified atom stereocenters. The molecule has 2 aromatic carbocycles. The first-order chi connectivity index (χ1) is 9.28. The van der Waals surface area contributed by atoms with E-state index in [1.165, 1.54) is 0 Å². The Morgan fingerprint density at radius 2 is 2.00 bits per heavy atom. The molecule has 0 fully saturated rings. The molecule has 0 radical (unpaired) electrons. The van der Waals surface area contributed by atoms with Crippen LogP contribution in [0.15, 0.2) is 42.5 Å². The summed E-state index contributed by atoms with van der Waals surface area (Å²) in [5, 5.41) is 0.753.